The van der Waals surface area contributed by atoms with E-state index in [1.807, 2.05) is 40.6 Å². The number of rotatable bonds is 1. The minimum absolute atomic E-state index is 0.343. The van der Waals surface area contributed by atoms with Gasteiger partial charge in [-0.25, -0.2) is 14.5 Å². The third kappa shape index (κ3) is 2.59. The van der Waals surface area contributed by atoms with Gasteiger partial charge in [0, 0.05) is 17.6 Å². The van der Waals surface area contributed by atoms with Gasteiger partial charge in [-0.05, 0) is 49.1 Å². The molecule has 0 spiro atoms. The summed E-state index contributed by atoms with van der Waals surface area (Å²) in [6, 6.07) is 2.02. The van der Waals surface area contributed by atoms with E-state index >= 15 is 0 Å². The lowest BCUT2D eigenvalue weighted by atomic mass is 9.72. The van der Waals surface area contributed by atoms with E-state index in [1.54, 1.807) is 6.33 Å². The molecule has 0 unspecified atom stereocenters. The highest BCUT2D eigenvalue weighted by molar-refractivity contribution is 7.19. The highest BCUT2D eigenvalue weighted by Crippen LogP contribution is 2.43. The molecule has 0 amide bonds. The number of nitrogens with zero attached hydrogens (tertiary/aromatic N) is 6. The molecule has 0 N–H and O–H groups in total. The standard InChI is InChI=1S/C20H24N6S/c1-11-8-14(23-25(11)5)17-22-18-16-13-7-6-12(20(2,3)4)9-15(13)27-19(16)21-10-26(18)24-17/h8,10,12H,6-7,9H2,1-5H3/t12-/m1/s1. The molecule has 0 aromatic carbocycles. The molecule has 7 heteroatoms. The number of thiophene rings is 1. The van der Waals surface area contributed by atoms with Gasteiger partial charge in [-0.1, -0.05) is 20.8 Å². The second kappa shape index (κ2) is 5.61. The van der Waals surface area contributed by atoms with E-state index in [9.17, 15) is 0 Å². The van der Waals surface area contributed by atoms with Crippen LogP contribution in [0, 0.1) is 18.3 Å². The largest absolute Gasteiger partial charge is 0.272 e. The first kappa shape index (κ1) is 16.9. The molecule has 27 heavy (non-hydrogen) atoms. The summed E-state index contributed by atoms with van der Waals surface area (Å²) in [6.07, 6.45) is 5.26. The molecular formula is C20H24N6S. The van der Waals surface area contributed by atoms with E-state index in [-0.39, 0.29) is 0 Å². The maximum atomic E-state index is 4.86. The van der Waals surface area contributed by atoms with Crippen LogP contribution in [0.4, 0.5) is 0 Å². The average molecular weight is 381 g/mol. The smallest absolute Gasteiger partial charge is 0.202 e. The molecule has 4 heterocycles. The molecule has 6 nitrogen and oxygen atoms in total. The summed E-state index contributed by atoms with van der Waals surface area (Å²) in [5, 5.41) is 10.4. The topological polar surface area (TPSA) is 60.9 Å². The predicted molar refractivity (Wildman–Crippen MR) is 108 cm³/mol. The monoisotopic (exact) mass is 380 g/mol. The lowest BCUT2D eigenvalue weighted by Gasteiger charge is -2.33. The Kier molecular flexibility index (Phi) is 3.50. The highest BCUT2D eigenvalue weighted by Gasteiger charge is 2.31. The van der Waals surface area contributed by atoms with Crippen LogP contribution in [0.15, 0.2) is 12.4 Å². The number of hydrogen-bond acceptors (Lipinski definition) is 5. The Balaban J connectivity index is 1.66. The Hall–Kier alpha value is -2.28. The number of fused-ring (bicyclic) bond motifs is 5. The van der Waals surface area contributed by atoms with Crippen LogP contribution in [0.25, 0.3) is 27.4 Å². The molecule has 4 aromatic heterocycles. The molecule has 0 saturated heterocycles. The summed E-state index contributed by atoms with van der Waals surface area (Å²) < 4.78 is 3.67. The van der Waals surface area contributed by atoms with Crippen molar-refractivity contribution in [2.24, 2.45) is 18.4 Å². The van der Waals surface area contributed by atoms with Crippen molar-refractivity contribution >= 4 is 27.2 Å². The summed E-state index contributed by atoms with van der Waals surface area (Å²) in [7, 11) is 1.94. The van der Waals surface area contributed by atoms with Crippen LogP contribution in [0.2, 0.25) is 0 Å². The molecular weight excluding hydrogens is 356 g/mol. The Morgan fingerprint density at radius 3 is 2.74 bits per heavy atom. The molecule has 0 radical (unpaired) electrons. The third-order valence-electron chi connectivity index (χ3n) is 5.95. The van der Waals surface area contributed by atoms with Gasteiger partial charge >= 0.3 is 0 Å². The molecule has 0 aliphatic heterocycles. The molecule has 0 bridgehead atoms. The zero-order valence-corrected chi connectivity index (χ0v) is 17.3. The van der Waals surface area contributed by atoms with Crippen molar-refractivity contribution in [2.75, 3.05) is 0 Å². The van der Waals surface area contributed by atoms with Crippen molar-refractivity contribution < 1.29 is 0 Å². The lowest BCUT2D eigenvalue weighted by Crippen LogP contribution is -2.26. The van der Waals surface area contributed by atoms with Crippen LogP contribution in [-0.2, 0) is 19.9 Å². The summed E-state index contributed by atoms with van der Waals surface area (Å²) in [5.74, 6) is 1.38. The van der Waals surface area contributed by atoms with Crippen molar-refractivity contribution in [1.82, 2.24) is 29.4 Å². The normalized spacial score (nSPS) is 17.7. The molecule has 1 atom stereocenters. The van der Waals surface area contributed by atoms with Gasteiger partial charge in [0.1, 0.15) is 16.9 Å². The van der Waals surface area contributed by atoms with Gasteiger partial charge in [-0.15, -0.1) is 16.4 Å². The highest BCUT2D eigenvalue weighted by atomic mass is 32.1. The minimum atomic E-state index is 0.343. The van der Waals surface area contributed by atoms with Gasteiger partial charge in [-0.2, -0.15) is 5.10 Å². The fraction of sp³-hybridized carbons (Fsp3) is 0.500. The Morgan fingerprint density at radius 1 is 1.22 bits per heavy atom. The van der Waals surface area contributed by atoms with E-state index in [4.69, 9.17) is 4.98 Å². The zero-order chi connectivity index (χ0) is 18.9. The fourth-order valence-electron chi connectivity index (χ4n) is 4.09. The molecule has 5 rings (SSSR count). The van der Waals surface area contributed by atoms with Crippen LogP contribution in [0.3, 0.4) is 0 Å². The molecule has 0 saturated carbocycles. The first-order chi connectivity index (χ1) is 12.8. The van der Waals surface area contributed by atoms with Gasteiger partial charge in [-0.3, -0.25) is 4.68 Å². The van der Waals surface area contributed by atoms with E-state index in [2.05, 4.69) is 36.0 Å². The van der Waals surface area contributed by atoms with Crippen molar-refractivity contribution in [3.05, 3.63) is 28.5 Å². The van der Waals surface area contributed by atoms with E-state index < -0.39 is 0 Å². The van der Waals surface area contributed by atoms with Gasteiger partial charge in [0.05, 0.1) is 5.39 Å². The van der Waals surface area contributed by atoms with E-state index in [0.717, 1.165) is 40.6 Å². The van der Waals surface area contributed by atoms with Crippen LogP contribution in [-0.4, -0.2) is 29.4 Å². The SMILES string of the molecule is Cc1cc(-c2nc3c4c5c(sc4ncn3n2)C[C@H](C(C)(C)C)CC5)nn1C. The van der Waals surface area contributed by atoms with Crippen LogP contribution in [0.1, 0.15) is 43.3 Å². The van der Waals surface area contributed by atoms with Crippen molar-refractivity contribution in [3.63, 3.8) is 0 Å². The maximum Gasteiger partial charge on any atom is 0.202 e. The minimum Gasteiger partial charge on any atom is -0.272 e. The van der Waals surface area contributed by atoms with Crippen molar-refractivity contribution in [2.45, 2.75) is 47.0 Å². The summed E-state index contributed by atoms with van der Waals surface area (Å²) in [6.45, 7) is 9.09. The molecule has 140 valence electrons. The molecule has 1 aliphatic carbocycles. The fourth-order valence-corrected chi connectivity index (χ4v) is 5.35. The number of hydrogen-bond donors (Lipinski definition) is 0. The average Bonchev–Trinajstić information content (AvgIpc) is 3.28. The molecule has 4 aromatic rings. The second-order valence-electron chi connectivity index (χ2n) is 8.73. The second-order valence-corrected chi connectivity index (χ2v) is 9.82. The number of aromatic nitrogens is 6. The Bertz CT molecular complexity index is 1150. The van der Waals surface area contributed by atoms with Crippen molar-refractivity contribution in [1.29, 1.82) is 0 Å². The molecule has 1 aliphatic rings. The Labute approximate surface area is 162 Å². The van der Waals surface area contributed by atoms with Crippen LogP contribution >= 0.6 is 11.3 Å². The Morgan fingerprint density at radius 2 is 2.04 bits per heavy atom. The summed E-state index contributed by atoms with van der Waals surface area (Å²) >= 11 is 1.83. The lowest BCUT2D eigenvalue weighted by molar-refractivity contribution is 0.218. The van der Waals surface area contributed by atoms with Gasteiger partial charge in [0.2, 0.25) is 5.82 Å². The third-order valence-corrected chi connectivity index (χ3v) is 7.12. The quantitative estimate of drug-likeness (QED) is 0.496. The van der Waals surface area contributed by atoms with Crippen molar-refractivity contribution in [3.8, 4) is 11.5 Å². The predicted octanol–water partition coefficient (Wildman–Crippen LogP) is 4.20. The van der Waals surface area contributed by atoms with Gasteiger partial charge < -0.3 is 0 Å². The van der Waals surface area contributed by atoms with Crippen LogP contribution < -0.4 is 0 Å². The summed E-state index contributed by atoms with van der Waals surface area (Å²) in [5.41, 5.74) is 4.59. The van der Waals surface area contributed by atoms with E-state index in [1.165, 1.54) is 22.2 Å². The first-order valence-electron chi connectivity index (χ1n) is 9.48. The summed E-state index contributed by atoms with van der Waals surface area (Å²) in [4.78, 5) is 12.1. The first-order valence-corrected chi connectivity index (χ1v) is 10.3. The number of aryl methyl sites for hydroxylation is 3. The van der Waals surface area contributed by atoms with E-state index in [0.29, 0.717) is 11.2 Å². The van der Waals surface area contributed by atoms with Gasteiger partial charge in [0.15, 0.2) is 5.65 Å². The molecule has 0 fully saturated rings. The van der Waals surface area contributed by atoms with Gasteiger partial charge in [0.25, 0.3) is 0 Å². The maximum absolute atomic E-state index is 4.86. The zero-order valence-electron chi connectivity index (χ0n) is 16.4. The van der Waals surface area contributed by atoms with Crippen LogP contribution in [0.5, 0.6) is 0 Å².